The molecule has 0 atom stereocenters. The highest BCUT2D eigenvalue weighted by Crippen LogP contribution is 2.32. The zero-order valence-electron chi connectivity index (χ0n) is 17.0. The summed E-state index contributed by atoms with van der Waals surface area (Å²) in [7, 11) is 0. The molecule has 1 saturated carbocycles. The maximum absolute atomic E-state index is 12.5. The number of aromatic nitrogens is 2. The number of nitrogens with one attached hydrogen (secondary N) is 1. The summed E-state index contributed by atoms with van der Waals surface area (Å²) in [5, 5.41) is 2.97. The second kappa shape index (κ2) is 7.94. The molecule has 0 spiro atoms. The van der Waals surface area contributed by atoms with Crippen LogP contribution in [0.1, 0.15) is 53.1 Å². The normalized spacial score (nSPS) is 17.3. The predicted octanol–water partition coefficient (Wildman–Crippen LogP) is 3.38. The van der Waals surface area contributed by atoms with Crippen molar-refractivity contribution >= 4 is 17.5 Å². The van der Waals surface area contributed by atoms with E-state index in [0.29, 0.717) is 23.9 Å². The van der Waals surface area contributed by atoms with Crippen molar-refractivity contribution in [3.8, 4) is 0 Å². The third-order valence-electron chi connectivity index (χ3n) is 6.46. The van der Waals surface area contributed by atoms with Crippen molar-refractivity contribution in [2.45, 2.75) is 38.1 Å². The molecule has 1 aliphatic heterocycles. The first-order chi connectivity index (χ1) is 14.7. The minimum absolute atomic E-state index is 0.0867. The van der Waals surface area contributed by atoms with Crippen molar-refractivity contribution in [2.75, 3.05) is 13.1 Å². The van der Waals surface area contributed by atoms with Gasteiger partial charge in [0.05, 0.1) is 0 Å². The van der Waals surface area contributed by atoms with E-state index in [0.717, 1.165) is 37.1 Å². The SMILES string of the molecule is O=C(NCc1ccn2ccnc2c1)c1ccc(C2CN(C(=O)C3CCCC3)C2)cc1. The van der Waals surface area contributed by atoms with E-state index in [2.05, 4.69) is 10.3 Å². The number of pyridine rings is 1. The smallest absolute Gasteiger partial charge is 0.251 e. The molecule has 6 heteroatoms. The van der Waals surface area contributed by atoms with Gasteiger partial charge in [-0.1, -0.05) is 25.0 Å². The predicted molar refractivity (Wildman–Crippen MR) is 114 cm³/mol. The molecule has 5 rings (SSSR count). The van der Waals surface area contributed by atoms with Gasteiger partial charge in [-0.05, 0) is 48.2 Å². The van der Waals surface area contributed by atoms with Gasteiger partial charge in [-0.15, -0.1) is 0 Å². The summed E-state index contributed by atoms with van der Waals surface area (Å²) in [4.78, 5) is 31.2. The van der Waals surface area contributed by atoms with E-state index in [1.165, 1.54) is 18.4 Å². The third kappa shape index (κ3) is 3.70. The van der Waals surface area contributed by atoms with Crippen LogP contribution in [-0.4, -0.2) is 39.2 Å². The first-order valence-electron chi connectivity index (χ1n) is 10.8. The Kier molecular flexibility index (Phi) is 4.99. The van der Waals surface area contributed by atoms with Crippen LogP contribution < -0.4 is 5.32 Å². The number of carbonyl (C=O) groups is 2. The van der Waals surface area contributed by atoms with Crippen LogP contribution in [0, 0.1) is 5.92 Å². The quantitative estimate of drug-likeness (QED) is 0.711. The van der Waals surface area contributed by atoms with Gasteiger partial charge in [0.2, 0.25) is 5.91 Å². The summed E-state index contributed by atoms with van der Waals surface area (Å²) >= 11 is 0. The molecular weight excluding hydrogens is 376 g/mol. The minimum atomic E-state index is -0.0867. The number of likely N-dealkylation sites (tertiary alicyclic amines) is 1. The molecule has 154 valence electrons. The van der Waals surface area contributed by atoms with Crippen LogP contribution in [0.2, 0.25) is 0 Å². The van der Waals surface area contributed by atoms with Crippen LogP contribution in [0.4, 0.5) is 0 Å². The molecule has 0 radical (unpaired) electrons. The highest BCUT2D eigenvalue weighted by molar-refractivity contribution is 5.94. The summed E-state index contributed by atoms with van der Waals surface area (Å²) < 4.78 is 1.94. The van der Waals surface area contributed by atoms with Gasteiger partial charge in [0.15, 0.2) is 0 Å². The fraction of sp³-hybridized carbons (Fsp3) is 0.375. The fourth-order valence-electron chi connectivity index (χ4n) is 4.55. The lowest BCUT2D eigenvalue weighted by atomic mass is 9.89. The number of amides is 2. The maximum Gasteiger partial charge on any atom is 0.251 e. The lowest BCUT2D eigenvalue weighted by Crippen LogP contribution is -2.50. The maximum atomic E-state index is 12.5. The van der Waals surface area contributed by atoms with Crippen molar-refractivity contribution in [1.29, 1.82) is 0 Å². The van der Waals surface area contributed by atoms with E-state index in [4.69, 9.17) is 0 Å². The largest absolute Gasteiger partial charge is 0.348 e. The summed E-state index contributed by atoms with van der Waals surface area (Å²) in [6.07, 6.45) is 10.1. The Morgan fingerprint density at radius 2 is 1.80 bits per heavy atom. The summed E-state index contributed by atoms with van der Waals surface area (Å²) in [6.45, 7) is 2.07. The van der Waals surface area contributed by atoms with Gasteiger partial charge in [-0.3, -0.25) is 9.59 Å². The second-order valence-electron chi connectivity index (χ2n) is 8.45. The Morgan fingerprint density at radius 3 is 2.57 bits per heavy atom. The van der Waals surface area contributed by atoms with Gasteiger partial charge >= 0.3 is 0 Å². The highest BCUT2D eigenvalue weighted by Gasteiger charge is 2.36. The van der Waals surface area contributed by atoms with Crippen molar-refractivity contribution in [1.82, 2.24) is 19.6 Å². The average Bonchev–Trinajstić information content (AvgIpc) is 3.43. The van der Waals surface area contributed by atoms with Gasteiger partial charge in [-0.25, -0.2) is 4.98 Å². The molecule has 2 aliphatic rings. The van der Waals surface area contributed by atoms with Gasteiger partial charge in [0, 0.05) is 55.6 Å². The molecule has 0 unspecified atom stereocenters. The van der Waals surface area contributed by atoms with Crippen molar-refractivity contribution in [2.24, 2.45) is 5.92 Å². The van der Waals surface area contributed by atoms with E-state index in [9.17, 15) is 9.59 Å². The summed E-state index contributed by atoms with van der Waals surface area (Å²) in [6, 6.07) is 11.8. The fourth-order valence-corrected chi connectivity index (χ4v) is 4.55. The molecule has 1 aliphatic carbocycles. The number of rotatable bonds is 5. The van der Waals surface area contributed by atoms with Gasteiger partial charge in [0.1, 0.15) is 5.65 Å². The lowest BCUT2D eigenvalue weighted by molar-refractivity contribution is -0.139. The van der Waals surface area contributed by atoms with Crippen LogP contribution in [-0.2, 0) is 11.3 Å². The summed E-state index contributed by atoms with van der Waals surface area (Å²) in [5.74, 6) is 0.893. The minimum Gasteiger partial charge on any atom is -0.348 e. The number of imidazole rings is 1. The Bertz CT molecular complexity index is 1060. The van der Waals surface area contributed by atoms with Crippen LogP contribution in [0.25, 0.3) is 5.65 Å². The van der Waals surface area contributed by atoms with E-state index in [1.807, 2.05) is 58.1 Å². The highest BCUT2D eigenvalue weighted by atomic mass is 16.2. The zero-order chi connectivity index (χ0) is 20.5. The van der Waals surface area contributed by atoms with Gasteiger partial charge in [0.25, 0.3) is 5.91 Å². The summed E-state index contributed by atoms with van der Waals surface area (Å²) in [5.41, 5.74) is 3.73. The number of hydrogen-bond donors (Lipinski definition) is 1. The molecule has 1 N–H and O–H groups in total. The molecule has 2 aromatic heterocycles. The molecule has 30 heavy (non-hydrogen) atoms. The molecule has 1 aromatic carbocycles. The molecule has 2 fully saturated rings. The van der Waals surface area contributed by atoms with Crippen molar-refractivity contribution in [3.05, 3.63) is 71.7 Å². The lowest BCUT2D eigenvalue weighted by Gasteiger charge is -2.41. The van der Waals surface area contributed by atoms with E-state index < -0.39 is 0 Å². The molecule has 2 amide bonds. The standard InChI is InChI=1S/C24H26N4O2/c29-23(26-14-17-9-11-27-12-10-25-22(27)13-17)19-7-5-18(6-8-19)21-15-28(16-21)24(30)20-3-1-2-4-20/h5-13,20-21H,1-4,14-16H2,(H,26,29). The molecule has 6 nitrogen and oxygen atoms in total. The van der Waals surface area contributed by atoms with Crippen LogP contribution in [0.3, 0.4) is 0 Å². The van der Waals surface area contributed by atoms with E-state index >= 15 is 0 Å². The Morgan fingerprint density at radius 1 is 1.03 bits per heavy atom. The average molecular weight is 402 g/mol. The van der Waals surface area contributed by atoms with Gasteiger partial charge in [-0.2, -0.15) is 0 Å². The molecule has 3 heterocycles. The zero-order valence-corrected chi connectivity index (χ0v) is 17.0. The third-order valence-corrected chi connectivity index (χ3v) is 6.46. The van der Waals surface area contributed by atoms with Crippen molar-refractivity contribution in [3.63, 3.8) is 0 Å². The number of benzene rings is 1. The second-order valence-corrected chi connectivity index (χ2v) is 8.45. The first kappa shape index (κ1) is 18.9. The Hall–Kier alpha value is -3.15. The number of nitrogens with zero attached hydrogens (tertiary/aromatic N) is 3. The van der Waals surface area contributed by atoms with Crippen LogP contribution >= 0.6 is 0 Å². The Labute approximate surface area is 175 Å². The number of hydrogen-bond acceptors (Lipinski definition) is 3. The van der Waals surface area contributed by atoms with Crippen molar-refractivity contribution < 1.29 is 9.59 Å². The molecular formula is C24H26N4O2. The molecule has 1 saturated heterocycles. The monoisotopic (exact) mass is 402 g/mol. The first-order valence-corrected chi connectivity index (χ1v) is 10.8. The van der Waals surface area contributed by atoms with E-state index in [-0.39, 0.29) is 11.8 Å². The topological polar surface area (TPSA) is 66.7 Å². The Balaban J connectivity index is 1.14. The van der Waals surface area contributed by atoms with Crippen LogP contribution in [0.15, 0.2) is 55.0 Å². The number of carbonyl (C=O) groups excluding carboxylic acids is 2. The van der Waals surface area contributed by atoms with Gasteiger partial charge < -0.3 is 14.6 Å². The van der Waals surface area contributed by atoms with Crippen LogP contribution in [0.5, 0.6) is 0 Å². The molecule has 0 bridgehead atoms. The molecule has 3 aromatic rings. The number of fused-ring (bicyclic) bond motifs is 1. The van der Waals surface area contributed by atoms with E-state index in [1.54, 1.807) is 6.20 Å².